The highest BCUT2D eigenvalue weighted by Gasteiger charge is 2.16. The molecule has 0 aliphatic rings. The molecule has 1 aromatic heterocycles. The first kappa shape index (κ1) is 14.6. The predicted octanol–water partition coefficient (Wildman–Crippen LogP) is 3.03. The Morgan fingerprint density at radius 3 is 2.74 bits per heavy atom. The van der Waals surface area contributed by atoms with E-state index in [0.717, 1.165) is 15.9 Å². The Morgan fingerprint density at radius 2 is 2.21 bits per heavy atom. The second-order valence-electron chi connectivity index (χ2n) is 4.15. The fourth-order valence-electron chi connectivity index (χ4n) is 1.74. The van der Waals surface area contributed by atoms with Crippen LogP contribution in [0.2, 0.25) is 5.02 Å². The number of nitrogens with zero attached hydrogens (tertiary/aromatic N) is 2. The smallest absolute Gasteiger partial charge is 0.0738 e. The number of nitrogen functional groups attached to an aromatic ring is 1. The van der Waals surface area contributed by atoms with Crippen molar-refractivity contribution in [2.24, 2.45) is 7.05 Å². The molecule has 2 rings (SSSR count). The molecule has 0 saturated heterocycles. The molecule has 2 N–H and O–H groups in total. The van der Waals surface area contributed by atoms with Crippen LogP contribution in [0, 0.1) is 6.92 Å². The third-order valence-electron chi connectivity index (χ3n) is 2.73. The van der Waals surface area contributed by atoms with Gasteiger partial charge >= 0.3 is 0 Å². The molecule has 2 aromatic rings. The zero-order valence-corrected chi connectivity index (χ0v) is 13.6. The minimum atomic E-state index is -1.24. The largest absolute Gasteiger partial charge is 0.399 e. The van der Waals surface area contributed by atoms with Gasteiger partial charge in [0.1, 0.15) is 0 Å². The van der Waals surface area contributed by atoms with Gasteiger partial charge in [0.2, 0.25) is 0 Å². The van der Waals surface area contributed by atoms with Gasteiger partial charge in [0.05, 0.1) is 42.3 Å². The Kier molecular flexibility index (Phi) is 4.32. The number of hydrogen-bond donors (Lipinski definition) is 1. The van der Waals surface area contributed by atoms with E-state index in [2.05, 4.69) is 21.0 Å². The molecule has 1 unspecified atom stereocenters. The van der Waals surface area contributed by atoms with Crippen molar-refractivity contribution in [3.8, 4) is 0 Å². The van der Waals surface area contributed by atoms with Crippen molar-refractivity contribution in [3.05, 3.63) is 39.1 Å². The summed E-state index contributed by atoms with van der Waals surface area (Å²) in [5, 5.41) is 4.70. The summed E-state index contributed by atoms with van der Waals surface area (Å²) >= 11 is 9.53. The number of benzene rings is 1. The van der Waals surface area contributed by atoms with Crippen molar-refractivity contribution < 1.29 is 4.21 Å². The lowest BCUT2D eigenvalue weighted by Crippen LogP contribution is -2.04. The molecule has 0 radical (unpaired) electrons. The predicted molar refractivity (Wildman–Crippen MR) is 81.6 cm³/mol. The summed E-state index contributed by atoms with van der Waals surface area (Å²) in [6.45, 7) is 1.90. The Morgan fingerprint density at radius 1 is 1.53 bits per heavy atom. The Bertz CT molecular complexity index is 657. The number of nitrogens with two attached hydrogens (primary N) is 1. The topological polar surface area (TPSA) is 60.9 Å². The first-order valence-electron chi connectivity index (χ1n) is 5.51. The number of halogens is 2. The molecular formula is C12H13BrClN3OS. The van der Waals surface area contributed by atoms with Crippen LogP contribution in [0.3, 0.4) is 0 Å². The Labute approximate surface area is 127 Å². The van der Waals surface area contributed by atoms with E-state index < -0.39 is 10.8 Å². The van der Waals surface area contributed by atoms with Gasteiger partial charge in [-0.2, -0.15) is 5.10 Å². The SMILES string of the molecule is Cc1nn(C)c(CS(=O)c2ccc(N)cc2Cl)c1Br. The number of anilines is 1. The highest BCUT2D eigenvalue weighted by molar-refractivity contribution is 9.10. The molecule has 4 nitrogen and oxygen atoms in total. The number of rotatable bonds is 3. The molecule has 1 heterocycles. The summed E-state index contributed by atoms with van der Waals surface area (Å²) in [6, 6.07) is 5.01. The minimum Gasteiger partial charge on any atom is -0.399 e. The van der Waals surface area contributed by atoms with Crippen LogP contribution in [0.1, 0.15) is 11.4 Å². The van der Waals surface area contributed by atoms with Gasteiger partial charge in [0.25, 0.3) is 0 Å². The standard InChI is InChI=1S/C12H13BrClN3OS/c1-7-12(13)10(17(2)16-7)6-19(18)11-4-3-8(15)5-9(11)14/h3-5H,6,15H2,1-2H3. The third kappa shape index (κ3) is 3.01. The van der Waals surface area contributed by atoms with Gasteiger partial charge in [-0.25, -0.2) is 0 Å². The second-order valence-corrected chi connectivity index (χ2v) is 6.77. The highest BCUT2D eigenvalue weighted by Crippen LogP contribution is 2.27. The van der Waals surface area contributed by atoms with Crippen LogP contribution < -0.4 is 5.73 Å². The zero-order chi connectivity index (χ0) is 14.2. The third-order valence-corrected chi connectivity index (χ3v) is 5.57. The van der Waals surface area contributed by atoms with Crippen molar-refractivity contribution in [1.29, 1.82) is 0 Å². The van der Waals surface area contributed by atoms with Gasteiger partial charge in [-0.3, -0.25) is 8.89 Å². The van der Waals surface area contributed by atoms with Gasteiger partial charge in [-0.15, -0.1) is 0 Å². The van der Waals surface area contributed by atoms with Gasteiger partial charge in [0, 0.05) is 12.7 Å². The lowest BCUT2D eigenvalue weighted by molar-refractivity contribution is 0.676. The molecule has 19 heavy (non-hydrogen) atoms. The monoisotopic (exact) mass is 361 g/mol. The van der Waals surface area contributed by atoms with E-state index in [1.807, 2.05) is 14.0 Å². The van der Waals surface area contributed by atoms with Crippen molar-refractivity contribution in [2.45, 2.75) is 17.6 Å². The van der Waals surface area contributed by atoms with E-state index in [9.17, 15) is 4.21 Å². The molecule has 1 atom stereocenters. The van der Waals surface area contributed by atoms with Gasteiger partial charge < -0.3 is 5.73 Å². The summed E-state index contributed by atoms with van der Waals surface area (Å²) in [5.41, 5.74) is 7.94. The molecule has 0 aliphatic heterocycles. The van der Waals surface area contributed by atoms with E-state index in [4.69, 9.17) is 17.3 Å². The molecule has 1 aromatic carbocycles. The van der Waals surface area contributed by atoms with Gasteiger partial charge in [-0.05, 0) is 41.1 Å². The van der Waals surface area contributed by atoms with Crippen LogP contribution in [0.15, 0.2) is 27.6 Å². The second kappa shape index (κ2) is 5.64. The maximum Gasteiger partial charge on any atom is 0.0738 e. The molecule has 0 saturated carbocycles. The Hall–Kier alpha value is -0.850. The summed E-state index contributed by atoms with van der Waals surface area (Å²) in [4.78, 5) is 0.585. The molecule has 0 bridgehead atoms. The van der Waals surface area contributed by atoms with Crippen LogP contribution in [0.5, 0.6) is 0 Å². The van der Waals surface area contributed by atoms with Crippen molar-refractivity contribution in [2.75, 3.05) is 5.73 Å². The number of aryl methyl sites for hydroxylation is 2. The first-order valence-corrected chi connectivity index (χ1v) is 8.00. The molecule has 0 aliphatic carbocycles. The van der Waals surface area contributed by atoms with Crippen LogP contribution in [-0.4, -0.2) is 14.0 Å². The van der Waals surface area contributed by atoms with Crippen molar-refractivity contribution in [3.63, 3.8) is 0 Å². The lowest BCUT2D eigenvalue weighted by atomic mass is 10.3. The van der Waals surface area contributed by atoms with Crippen molar-refractivity contribution in [1.82, 2.24) is 9.78 Å². The molecular weight excluding hydrogens is 350 g/mol. The van der Waals surface area contributed by atoms with Crippen LogP contribution in [0.4, 0.5) is 5.69 Å². The normalized spacial score (nSPS) is 12.6. The summed E-state index contributed by atoms with van der Waals surface area (Å²) in [7, 11) is 0.588. The molecule has 7 heteroatoms. The fourth-order valence-corrected chi connectivity index (χ4v) is 4.08. The number of hydrogen-bond acceptors (Lipinski definition) is 3. The quantitative estimate of drug-likeness (QED) is 0.854. The maximum absolute atomic E-state index is 12.4. The van der Waals surface area contributed by atoms with Crippen LogP contribution in [-0.2, 0) is 23.6 Å². The first-order chi connectivity index (χ1) is 8.90. The Balaban J connectivity index is 2.31. The van der Waals surface area contributed by atoms with E-state index in [0.29, 0.717) is 21.4 Å². The molecule has 0 fully saturated rings. The maximum atomic E-state index is 12.4. The van der Waals surface area contributed by atoms with Gasteiger partial charge in [0.15, 0.2) is 0 Å². The van der Waals surface area contributed by atoms with Gasteiger partial charge in [-0.1, -0.05) is 11.6 Å². The van der Waals surface area contributed by atoms with Crippen molar-refractivity contribution >= 4 is 44.0 Å². The van der Waals surface area contributed by atoms with E-state index in [-0.39, 0.29) is 0 Å². The average molecular weight is 363 g/mol. The minimum absolute atomic E-state index is 0.349. The van der Waals surface area contributed by atoms with Crippen LogP contribution >= 0.6 is 27.5 Å². The number of aromatic nitrogens is 2. The van der Waals surface area contributed by atoms with E-state index >= 15 is 0 Å². The highest BCUT2D eigenvalue weighted by atomic mass is 79.9. The molecule has 0 amide bonds. The molecule has 102 valence electrons. The van der Waals surface area contributed by atoms with E-state index in [1.54, 1.807) is 22.9 Å². The summed E-state index contributed by atoms with van der Waals surface area (Å²) < 4.78 is 15.0. The zero-order valence-electron chi connectivity index (χ0n) is 10.5. The summed E-state index contributed by atoms with van der Waals surface area (Å²) in [5.74, 6) is 0.349. The fraction of sp³-hybridized carbons (Fsp3) is 0.250. The van der Waals surface area contributed by atoms with E-state index in [1.165, 1.54) is 0 Å². The lowest BCUT2D eigenvalue weighted by Gasteiger charge is -2.06. The summed E-state index contributed by atoms with van der Waals surface area (Å²) in [6.07, 6.45) is 0. The van der Waals surface area contributed by atoms with Crippen LogP contribution in [0.25, 0.3) is 0 Å². The average Bonchev–Trinajstić information content (AvgIpc) is 2.56. The molecule has 0 spiro atoms.